The lowest BCUT2D eigenvalue weighted by Crippen LogP contribution is -2.12. The number of aromatic nitrogens is 1. The van der Waals surface area contributed by atoms with Crippen molar-refractivity contribution in [3.8, 4) is 0 Å². The maximum atomic E-state index is 13.5. The minimum absolute atomic E-state index is 0.219. The van der Waals surface area contributed by atoms with E-state index in [1.807, 2.05) is 0 Å². The van der Waals surface area contributed by atoms with Gasteiger partial charge in [0.05, 0.1) is 26.8 Å². The number of fused-ring (bicyclic) bond motifs is 1. The fourth-order valence-electron chi connectivity index (χ4n) is 2.44. The average molecular weight is 365 g/mol. The van der Waals surface area contributed by atoms with Crippen LogP contribution < -0.4 is 5.32 Å². The Labute approximate surface area is 146 Å². The number of hydrogen-bond acceptors (Lipinski definition) is 2. The van der Waals surface area contributed by atoms with Gasteiger partial charge in [-0.2, -0.15) is 0 Å². The van der Waals surface area contributed by atoms with Crippen LogP contribution in [0.25, 0.3) is 10.9 Å². The molecule has 4 nitrogen and oxygen atoms in total. The molecule has 0 aliphatic rings. The fraction of sp³-hybridized carbons (Fsp3) is 0.0588. The normalized spacial score (nSPS) is 10.8. The van der Waals surface area contributed by atoms with E-state index in [9.17, 15) is 14.0 Å². The number of halogens is 3. The number of carbonyl (C=O) groups is 2. The van der Waals surface area contributed by atoms with E-state index in [1.54, 1.807) is 18.2 Å². The molecule has 0 aliphatic heterocycles. The third-order valence-corrected chi connectivity index (χ3v) is 4.18. The number of nitrogens with one attached hydrogen (secondary N) is 1. The summed E-state index contributed by atoms with van der Waals surface area (Å²) >= 11 is 12.1. The molecule has 3 rings (SSSR count). The van der Waals surface area contributed by atoms with E-state index in [4.69, 9.17) is 23.2 Å². The molecule has 24 heavy (non-hydrogen) atoms. The number of hydrogen-bond donors (Lipinski definition) is 1. The molecule has 1 amide bonds. The maximum absolute atomic E-state index is 13.5. The van der Waals surface area contributed by atoms with Crippen molar-refractivity contribution in [2.45, 2.75) is 6.92 Å². The monoisotopic (exact) mass is 364 g/mol. The lowest BCUT2D eigenvalue weighted by Gasteiger charge is -2.08. The highest BCUT2D eigenvalue weighted by atomic mass is 35.5. The van der Waals surface area contributed by atoms with Crippen molar-refractivity contribution in [2.75, 3.05) is 5.32 Å². The summed E-state index contributed by atoms with van der Waals surface area (Å²) in [5.41, 5.74) is 0.811. The van der Waals surface area contributed by atoms with Crippen molar-refractivity contribution in [3.63, 3.8) is 0 Å². The first-order chi connectivity index (χ1) is 11.4. The molecular formula is C17H11Cl2FN2O2. The molecule has 0 radical (unpaired) electrons. The average Bonchev–Trinajstić information content (AvgIpc) is 2.89. The van der Waals surface area contributed by atoms with E-state index in [0.717, 1.165) is 0 Å². The molecule has 0 aliphatic carbocycles. The van der Waals surface area contributed by atoms with Crippen LogP contribution >= 0.6 is 23.2 Å². The summed E-state index contributed by atoms with van der Waals surface area (Å²) in [7, 11) is 0. The van der Waals surface area contributed by atoms with Gasteiger partial charge in [-0.15, -0.1) is 0 Å². The zero-order chi connectivity index (χ0) is 17.4. The van der Waals surface area contributed by atoms with Gasteiger partial charge in [0.25, 0.3) is 5.91 Å². The molecule has 3 aromatic rings. The number of benzene rings is 2. The number of nitrogens with zero attached hydrogens (tertiary/aromatic N) is 1. The summed E-state index contributed by atoms with van der Waals surface area (Å²) in [4.78, 5) is 24.3. The molecule has 1 heterocycles. The Kier molecular flexibility index (Phi) is 4.30. The van der Waals surface area contributed by atoms with Crippen LogP contribution in [0, 0.1) is 5.82 Å². The summed E-state index contributed by atoms with van der Waals surface area (Å²) in [6.45, 7) is 1.33. The predicted octanol–water partition coefficient (Wildman–Crippen LogP) is 5.00. The van der Waals surface area contributed by atoms with Gasteiger partial charge in [-0.25, -0.2) is 4.39 Å². The second-order valence-corrected chi connectivity index (χ2v) is 5.96. The highest BCUT2D eigenvalue weighted by molar-refractivity contribution is 6.40. The predicted molar refractivity (Wildman–Crippen MR) is 92.6 cm³/mol. The molecule has 2 aromatic carbocycles. The number of anilines is 1. The first-order valence-electron chi connectivity index (χ1n) is 6.95. The largest absolute Gasteiger partial charge is 0.319 e. The van der Waals surface area contributed by atoms with Crippen LogP contribution in [0.2, 0.25) is 10.0 Å². The Hall–Kier alpha value is -2.37. The molecule has 0 bridgehead atoms. The molecule has 0 saturated carbocycles. The number of amides is 1. The molecule has 1 aromatic heterocycles. The molecule has 122 valence electrons. The third-order valence-electron chi connectivity index (χ3n) is 3.55. The zero-order valence-corrected chi connectivity index (χ0v) is 14.0. The second-order valence-electron chi connectivity index (χ2n) is 5.14. The number of para-hydroxylation sites is 1. The fourth-order valence-corrected chi connectivity index (χ4v) is 2.93. The molecule has 0 saturated heterocycles. The van der Waals surface area contributed by atoms with Crippen LogP contribution in [0.1, 0.15) is 22.1 Å². The van der Waals surface area contributed by atoms with Crippen LogP contribution in [0.3, 0.4) is 0 Å². The SMILES string of the molecule is CC(=O)n1cc(C(=O)Nc2c(Cl)cccc2Cl)c2ccc(F)cc21. The number of rotatable bonds is 2. The molecule has 0 spiro atoms. The molecular weight excluding hydrogens is 354 g/mol. The van der Waals surface area contributed by atoms with Crippen molar-refractivity contribution in [2.24, 2.45) is 0 Å². The van der Waals surface area contributed by atoms with Gasteiger partial charge in [-0.3, -0.25) is 14.2 Å². The van der Waals surface area contributed by atoms with Gasteiger partial charge in [0.2, 0.25) is 5.91 Å². The Morgan fingerprint density at radius 3 is 2.42 bits per heavy atom. The van der Waals surface area contributed by atoms with Gasteiger partial charge in [0.15, 0.2) is 0 Å². The zero-order valence-electron chi connectivity index (χ0n) is 12.4. The molecule has 0 fully saturated rings. The molecule has 0 atom stereocenters. The van der Waals surface area contributed by atoms with Gasteiger partial charge in [-0.05, 0) is 30.3 Å². The van der Waals surface area contributed by atoms with Crippen molar-refractivity contribution in [1.82, 2.24) is 4.57 Å². The van der Waals surface area contributed by atoms with E-state index in [1.165, 1.54) is 35.9 Å². The van der Waals surface area contributed by atoms with E-state index in [-0.39, 0.29) is 27.2 Å². The van der Waals surface area contributed by atoms with Crippen LogP contribution in [0.15, 0.2) is 42.6 Å². The highest BCUT2D eigenvalue weighted by Gasteiger charge is 2.19. The van der Waals surface area contributed by atoms with Crippen LogP contribution in [-0.4, -0.2) is 16.4 Å². The van der Waals surface area contributed by atoms with E-state index in [2.05, 4.69) is 5.32 Å². The van der Waals surface area contributed by atoms with Gasteiger partial charge >= 0.3 is 0 Å². The van der Waals surface area contributed by atoms with Crippen molar-refractivity contribution >= 4 is 51.6 Å². The Balaban J connectivity index is 2.09. The van der Waals surface area contributed by atoms with Gasteiger partial charge < -0.3 is 5.32 Å². The van der Waals surface area contributed by atoms with Crippen molar-refractivity contribution < 1.29 is 14.0 Å². The van der Waals surface area contributed by atoms with Gasteiger partial charge in [-0.1, -0.05) is 29.3 Å². The lowest BCUT2D eigenvalue weighted by atomic mass is 10.1. The Bertz CT molecular complexity index is 962. The van der Waals surface area contributed by atoms with Crippen LogP contribution in [0.4, 0.5) is 10.1 Å². The van der Waals surface area contributed by atoms with Crippen LogP contribution in [-0.2, 0) is 0 Å². The summed E-state index contributed by atoms with van der Waals surface area (Å²) < 4.78 is 14.7. The molecule has 1 N–H and O–H groups in total. The minimum atomic E-state index is -0.499. The summed E-state index contributed by atoms with van der Waals surface area (Å²) in [5.74, 6) is -1.33. The maximum Gasteiger partial charge on any atom is 0.257 e. The molecule has 0 unspecified atom stereocenters. The van der Waals surface area contributed by atoms with Gasteiger partial charge in [0, 0.05) is 18.5 Å². The number of carbonyl (C=O) groups excluding carboxylic acids is 2. The summed E-state index contributed by atoms with van der Waals surface area (Å²) in [6, 6.07) is 8.73. The topological polar surface area (TPSA) is 51.1 Å². The smallest absolute Gasteiger partial charge is 0.257 e. The summed E-state index contributed by atoms with van der Waals surface area (Å²) in [5, 5.41) is 3.66. The first-order valence-corrected chi connectivity index (χ1v) is 7.71. The highest BCUT2D eigenvalue weighted by Crippen LogP contribution is 2.31. The summed E-state index contributed by atoms with van der Waals surface area (Å²) in [6.07, 6.45) is 1.37. The Morgan fingerprint density at radius 2 is 1.79 bits per heavy atom. The van der Waals surface area contributed by atoms with E-state index in [0.29, 0.717) is 10.9 Å². The van der Waals surface area contributed by atoms with Crippen molar-refractivity contribution in [3.05, 3.63) is 64.0 Å². The van der Waals surface area contributed by atoms with E-state index >= 15 is 0 Å². The van der Waals surface area contributed by atoms with E-state index < -0.39 is 11.7 Å². The standard InChI is InChI=1S/C17H11Cl2FN2O2/c1-9(23)22-8-12(11-6-5-10(20)7-15(11)22)17(24)21-16-13(18)3-2-4-14(16)19/h2-8H,1H3,(H,21,24). The van der Waals surface area contributed by atoms with Gasteiger partial charge in [0.1, 0.15) is 5.82 Å². The first kappa shape index (κ1) is 16.5. The second kappa shape index (κ2) is 6.26. The lowest BCUT2D eigenvalue weighted by molar-refractivity contribution is 0.0941. The molecule has 7 heteroatoms. The third kappa shape index (κ3) is 2.88. The Morgan fingerprint density at radius 1 is 1.12 bits per heavy atom. The van der Waals surface area contributed by atoms with Crippen molar-refractivity contribution in [1.29, 1.82) is 0 Å². The van der Waals surface area contributed by atoms with Crippen LogP contribution in [0.5, 0.6) is 0 Å². The quantitative estimate of drug-likeness (QED) is 0.695. The minimum Gasteiger partial charge on any atom is -0.319 e.